The smallest absolute Gasteiger partial charge is 0.416 e. The van der Waals surface area contributed by atoms with Crippen molar-refractivity contribution in [1.82, 2.24) is 0 Å². The zero-order chi connectivity index (χ0) is 27.8. The summed E-state index contributed by atoms with van der Waals surface area (Å²) < 4.78 is 41.1. The summed E-state index contributed by atoms with van der Waals surface area (Å²) in [6, 6.07) is 16.1. The van der Waals surface area contributed by atoms with Gasteiger partial charge in [0.15, 0.2) is 5.41 Å². The average Bonchev–Trinajstić information content (AvgIpc) is 3.14. The topological polar surface area (TPSA) is 60.9 Å². The lowest BCUT2D eigenvalue weighted by Gasteiger charge is -2.32. The van der Waals surface area contributed by atoms with Crippen LogP contribution in [0.15, 0.2) is 66.7 Å². The molecule has 0 aromatic heterocycles. The van der Waals surface area contributed by atoms with Crippen molar-refractivity contribution in [2.75, 3.05) is 16.3 Å². The van der Waals surface area contributed by atoms with E-state index in [1.54, 1.807) is 49.4 Å². The van der Waals surface area contributed by atoms with Gasteiger partial charge in [-0.15, -0.1) is 0 Å². The standard InChI is InChI=1S/C27H23F3N2O3.C3H8/c1-3-31-22-12-9-17(27(28,29)30)13-23(22)32(18-7-5-4-6-8-18)25(35)26(24(31)34)15-16(2)20-14-19(33)10-11-21(20)26;1-3-2/h4-14,16,33H,3,15H2,1-2H3;3H2,1-2H3. The van der Waals surface area contributed by atoms with Crippen LogP contribution in [-0.4, -0.2) is 23.5 Å². The van der Waals surface area contributed by atoms with Crippen molar-refractivity contribution in [1.29, 1.82) is 0 Å². The predicted molar refractivity (Wildman–Crippen MR) is 142 cm³/mol. The van der Waals surface area contributed by atoms with Gasteiger partial charge in [-0.25, -0.2) is 0 Å². The van der Waals surface area contributed by atoms with Crippen molar-refractivity contribution in [2.45, 2.75) is 58.0 Å². The van der Waals surface area contributed by atoms with Crippen LogP contribution in [0, 0.1) is 0 Å². The second-order valence-electron chi connectivity index (χ2n) is 9.72. The molecule has 38 heavy (non-hydrogen) atoms. The molecule has 1 aliphatic heterocycles. The summed E-state index contributed by atoms with van der Waals surface area (Å²) in [6.07, 6.45) is -3.24. The number of hydrogen-bond acceptors (Lipinski definition) is 3. The number of alkyl halides is 3. The van der Waals surface area contributed by atoms with Crippen LogP contribution >= 0.6 is 0 Å². The van der Waals surface area contributed by atoms with E-state index in [2.05, 4.69) is 13.8 Å². The van der Waals surface area contributed by atoms with Gasteiger partial charge in [0.2, 0.25) is 5.91 Å². The average molecular weight is 525 g/mol. The first kappa shape index (κ1) is 27.2. The Balaban J connectivity index is 0.00000107. The third kappa shape index (κ3) is 4.31. The Morgan fingerprint density at radius 1 is 0.921 bits per heavy atom. The van der Waals surface area contributed by atoms with Crippen LogP contribution in [0.5, 0.6) is 5.75 Å². The Labute approximate surface area is 220 Å². The Hall–Kier alpha value is -3.81. The van der Waals surface area contributed by atoms with E-state index in [0.717, 1.165) is 12.1 Å². The van der Waals surface area contributed by atoms with Gasteiger partial charge in [-0.1, -0.05) is 51.5 Å². The van der Waals surface area contributed by atoms with Crippen LogP contribution in [0.2, 0.25) is 0 Å². The van der Waals surface area contributed by atoms with E-state index in [1.165, 1.54) is 28.4 Å². The van der Waals surface area contributed by atoms with Crippen LogP contribution in [0.25, 0.3) is 0 Å². The summed E-state index contributed by atoms with van der Waals surface area (Å²) in [6.45, 7) is 8.01. The number of fused-ring (bicyclic) bond motifs is 3. The number of phenolic OH excluding ortho intramolecular Hbond substituents is 1. The molecule has 0 fully saturated rings. The Kier molecular flexibility index (Phi) is 7.28. The lowest BCUT2D eigenvalue weighted by molar-refractivity contribution is -0.138. The molecule has 0 radical (unpaired) electrons. The van der Waals surface area contributed by atoms with Gasteiger partial charge >= 0.3 is 6.18 Å². The number of amides is 2. The number of nitrogens with zero attached hydrogens (tertiary/aromatic N) is 2. The third-order valence-corrected chi connectivity index (χ3v) is 6.98. The number of rotatable bonds is 2. The fraction of sp³-hybridized carbons (Fsp3) is 0.333. The van der Waals surface area contributed by atoms with E-state index < -0.39 is 29.0 Å². The molecule has 2 amide bonds. The second-order valence-corrected chi connectivity index (χ2v) is 9.72. The fourth-order valence-corrected chi connectivity index (χ4v) is 5.42. The highest BCUT2D eigenvalue weighted by atomic mass is 19.4. The van der Waals surface area contributed by atoms with Gasteiger partial charge in [-0.2, -0.15) is 13.2 Å². The molecule has 0 saturated carbocycles. The molecule has 2 atom stereocenters. The number of anilines is 3. The molecule has 5 nitrogen and oxygen atoms in total. The number of hydrogen-bond donors (Lipinski definition) is 1. The Morgan fingerprint density at radius 3 is 2.18 bits per heavy atom. The number of benzene rings is 3. The number of carbonyl (C=O) groups is 2. The normalized spacial score (nSPS) is 20.6. The van der Waals surface area contributed by atoms with Gasteiger partial charge < -0.3 is 10.0 Å². The van der Waals surface area contributed by atoms with Crippen molar-refractivity contribution in [3.63, 3.8) is 0 Å². The van der Waals surface area contributed by atoms with Crippen LogP contribution in [0.3, 0.4) is 0 Å². The summed E-state index contributed by atoms with van der Waals surface area (Å²) in [7, 11) is 0. The fourth-order valence-electron chi connectivity index (χ4n) is 5.42. The third-order valence-electron chi connectivity index (χ3n) is 6.98. The van der Waals surface area contributed by atoms with Gasteiger partial charge in [0.1, 0.15) is 5.75 Å². The Bertz CT molecular complexity index is 1360. The summed E-state index contributed by atoms with van der Waals surface area (Å²) in [4.78, 5) is 31.3. The Morgan fingerprint density at radius 2 is 1.58 bits per heavy atom. The molecule has 0 saturated heterocycles. The first-order valence-electron chi connectivity index (χ1n) is 12.8. The van der Waals surface area contributed by atoms with E-state index in [1.807, 2.05) is 6.92 Å². The number of para-hydroxylation sites is 1. The van der Waals surface area contributed by atoms with Crippen molar-refractivity contribution < 1.29 is 27.9 Å². The molecule has 5 rings (SSSR count). The maximum absolute atomic E-state index is 14.5. The number of halogens is 3. The molecule has 3 aromatic rings. The molecule has 2 aliphatic rings. The summed E-state index contributed by atoms with van der Waals surface area (Å²) in [5.74, 6) is -1.30. The maximum Gasteiger partial charge on any atom is 0.416 e. The van der Waals surface area contributed by atoms with Crippen molar-refractivity contribution in [3.05, 3.63) is 83.4 Å². The highest BCUT2D eigenvalue weighted by Gasteiger charge is 2.59. The molecule has 2 unspecified atom stereocenters. The van der Waals surface area contributed by atoms with E-state index >= 15 is 0 Å². The molecule has 1 heterocycles. The van der Waals surface area contributed by atoms with Crippen molar-refractivity contribution >= 4 is 28.9 Å². The SMILES string of the molecule is CCC.CCN1C(=O)C2(CC(C)c3cc(O)ccc32)C(=O)N(c2ccccc2)c2cc(C(F)(F)F)ccc21. The largest absolute Gasteiger partial charge is 0.508 e. The number of likely N-dealkylation sites (N-methyl/N-ethyl adjacent to an activating group) is 1. The van der Waals surface area contributed by atoms with Crippen LogP contribution in [0.1, 0.15) is 63.1 Å². The quantitative estimate of drug-likeness (QED) is 0.358. The number of carbonyl (C=O) groups excluding carboxylic acids is 2. The number of phenols is 1. The lowest BCUT2D eigenvalue weighted by atomic mass is 9.78. The van der Waals surface area contributed by atoms with E-state index in [-0.39, 0.29) is 36.0 Å². The second kappa shape index (κ2) is 10.2. The molecule has 8 heteroatoms. The molecule has 0 bridgehead atoms. The highest BCUT2D eigenvalue weighted by Crippen LogP contribution is 2.54. The molecular weight excluding hydrogens is 493 g/mol. The molecule has 1 spiro atoms. The number of aromatic hydroxyl groups is 1. The molecule has 200 valence electrons. The molecule has 3 aromatic carbocycles. The molecule has 1 N–H and O–H groups in total. The zero-order valence-corrected chi connectivity index (χ0v) is 21.8. The minimum Gasteiger partial charge on any atom is -0.508 e. The highest BCUT2D eigenvalue weighted by molar-refractivity contribution is 6.27. The van der Waals surface area contributed by atoms with Crippen LogP contribution in [0.4, 0.5) is 30.2 Å². The van der Waals surface area contributed by atoms with E-state index in [4.69, 9.17) is 0 Å². The first-order valence-corrected chi connectivity index (χ1v) is 12.8. The maximum atomic E-state index is 14.5. The van der Waals surface area contributed by atoms with Crippen LogP contribution < -0.4 is 9.80 Å². The van der Waals surface area contributed by atoms with Gasteiger partial charge in [-0.05, 0) is 72.9 Å². The molecule has 1 aliphatic carbocycles. The summed E-state index contributed by atoms with van der Waals surface area (Å²) >= 11 is 0. The van der Waals surface area contributed by atoms with Gasteiger partial charge in [-0.3, -0.25) is 14.5 Å². The minimum absolute atomic E-state index is 0.00276. The van der Waals surface area contributed by atoms with Crippen molar-refractivity contribution in [2.24, 2.45) is 0 Å². The monoisotopic (exact) mass is 524 g/mol. The van der Waals surface area contributed by atoms with Crippen molar-refractivity contribution in [3.8, 4) is 5.75 Å². The van der Waals surface area contributed by atoms with Crippen LogP contribution in [-0.2, 0) is 21.2 Å². The summed E-state index contributed by atoms with van der Waals surface area (Å²) in [5, 5.41) is 10.1. The minimum atomic E-state index is -4.63. The zero-order valence-electron chi connectivity index (χ0n) is 21.8. The summed E-state index contributed by atoms with van der Waals surface area (Å²) in [5.41, 5.74) is -0.801. The van der Waals surface area contributed by atoms with E-state index in [0.29, 0.717) is 16.8 Å². The van der Waals surface area contributed by atoms with Gasteiger partial charge in [0, 0.05) is 12.2 Å². The first-order chi connectivity index (χ1) is 18.0. The van der Waals surface area contributed by atoms with Gasteiger partial charge in [0.05, 0.1) is 16.9 Å². The van der Waals surface area contributed by atoms with Gasteiger partial charge in [0.25, 0.3) is 5.91 Å². The molecular formula is C30H31F3N2O3. The predicted octanol–water partition coefficient (Wildman–Crippen LogP) is 7.30. The van der Waals surface area contributed by atoms with E-state index in [9.17, 15) is 27.9 Å². The lowest BCUT2D eigenvalue weighted by Crippen LogP contribution is -2.53.